The number of amides is 4. The molecule has 0 aromatic heterocycles. The molecule has 0 radical (unpaired) electrons. The number of unbranched alkanes of at least 4 members (excludes halogenated alkanes) is 13. The van der Waals surface area contributed by atoms with Crippen LogP contribution in [0.15, 0.2) is 48.5 Å². The van der Waals surface area contributed by atoms with Crippen LogP contribution in [0, 0.1) is 0 Å². The van der Waals surface area contributed by atoms with Crippen LogP contribution in [0.2, 0.25) is 0 Å². The molecule has 86 heavy (non-hydrogen) atoms. The maximum Gasteiger partial charge on any atom is 0.261 e. The molecule has 4 amide bonds. The van der Waals surface area contributed by atoms with Crippen LogP contribution in [0.4, 0.5) is 0 Å². The van der Waals surface area contributed by atoms with Gasteiger partial charge in [-0.2, -0.15) is 0 Å². The number of carbonyl (C=O) groups is 4. The highest BCUT2D eigenvalue weighted by Crippen LogP contribution is 2.46. The van der Waals surface area contributed by atoms with E-state index in [9.17, 15) is 19.2 Å². The van der Waals surface area contributed by atoms with Crippen molar-refractivity contribution in [3.05, 3.63) is 70.8 Å². The van der Waals surface area contributed by atoms with Crippen LogP contribution < -0.4 is 0 Å². The summed E-state index contributed by atoms with van der Waals surface area (Å²) in [5.41, 5.74) is 1.95. The van der Waals surface area contributed by atoms with Crippen molar-refractivity contribution >= 4 is 66.7 Å². The summed E-state index contributed by atoms with van der Waals surface area (Å²) < 4.78 is 58.6. The number of carbonyl (C=O) groups excluding carboxylic acids is 4. The van der Waals surface area contributed by atoms with Gasteiger partial charge in [0.05, 0.1) is 128 Å². The zero-order valence-electron chi connectivity index (χ0n) is 53.8. The second-order valence-electron chi connectivity index (χ2n) is 24.5. The third-order valence-corrected chi connectivity index (χ3v) is 16.6. The van der Waals surface area contributed by atoms with Gasteiger partial charge >= 0.3 is 0 Å². The Kier molecular flexibility index (Phi) is 27.9. The van der Waals surface area contributed by atoms with Gasteiger partial charge in [0.25, 0.3) is 23.6 Å². The van der Waals surface area contributed by atoms with Crippen molar-refractivity contribution in [1.82, 2.24) is 9.80 Å². The van der Waals surface area contributed by atoms with E-state index >= 15 is 0 Å². The number of nitrogens with zero attached hydrogens (tertiary/aromatic N) is 2. The Morgan fingerprint density at radius 1 is 0.337 bits per heavy atom. The third-order valence-electron chi connectivity index (χ3n) is 16.6. The number of benzene rings is 5. The molecule has 16 nitrogen and oxygen atoms in total. The van der Waals surface area contributed by atoms with Crippen molar-refractivity contribution < 1.29 is 66.5 Å². The lowest BCUT2D eigenvalue weighted by Gasteiger charge is -2.33. The lowest BCUT2D eigenvalue weighted by molar-refractivity contribution is -0.110. The summed E-state index contributed by atoms with van der Waals surface area (Å²) in [6.45, 7) is 24.7. The number of imide groups is 2. The smallest absolute Gasteiger partial charge is 0.261 e. The first kappa shape index (κ1) is 68.8. The van der Waals surface area contributed by atoms with Gasteiger partial charge in [-0.1, -0.05) is 115 Å². The molecule has 2 aliphatic heterocycles. The molecule has 5 aromatic carbocycles. The molecule has 5 aromatic rings. The minimum Gasteiger partial charge on any atom is -0.382 e. The van der Waals surface area contributed by atoms with Gasteiger partial charge in [-0.05, 0) is 125 Å². The fourth-order valence-corrected chi connectivity index (χ4v) is 11.7. The molecule has 476 valence electrons. The standard InChI is InChI=1S/C70H102N2O14/c1-12-13-14-15-16-17-18-19-20-21-22-23-24-25-34-71-67(73)59-30-26-55-57-28-32-61-66-62(33-29-58(64(57)66)56-27-31-60(68(71)74)65(59)63(55)56)70(76)72(69(61)75)46(2)37-79-48(4)39-81-50(6)41-83-52(8)43-85-54(10)45-86-53(9)44-84-51(7)42-82-49(5)40-80-47(3)38-78-36-35-77-11/h26-33,46-54H,12-25,34-45H2,1-11H3. The Balaban J connectivity index is 0.813. The van der Waals surface area contributed by atoms with E-state index in [1.54, 1.807) is 19.2 Å². The number of fused-ring (bicyclic) bond motifs is 2. The molecule has 0 aliphatic carbocycles. The highest BCUT2D eigenvalue weighted by molar-refractivity contribution is 6.41. The van der Waals surface area contributed by atoms with Crippen LogP contribution >= 0.6 is 0 Å². The minimum atomic E-state index is -0.568. The Morgan fingerprint density at radius 2 is 0.628 bits per heavy atom. The molecule has 0 saturated heterocycles. The average Bonchev–Trinajstić information content (AvgIpc) is 0.861. The normalized spacial score (nSPS) is 16.9. The van der Waals surface area contributed by atoms with Gasteiger partial charge in [0.2, 0.25) is 0 Å². The Hall–Kier alpha value is -4.72. The van der Waals surface area contributed by atoms with Crippen LogP contribution in [-0.2, 0) is 47.4 Å². The van der Waals surface area contributed by atoms with E-state index in [4.69, 9.17) is 47.4 Å². The predicted molar refractivity (Wildman–Crippen MR) is 339 cm³/mol. The summed E-state index contributed by atoms with van der Waals surface area (Å²) in [7, 11) is 1.65. The zero-order valence-corrected chi connectivity index (χ0v) is 53.8. The van der Waals surface area contributed by atoms with Crippen LogP contribution in [0.1, 0.15) is 201 Å². The molecular weight excluding hydrogens is 1090 g/mol. The SMILES string of the molecule is CCCCCCCCCCCCCCCCN1C(=O)c2ccc3c4ccc5c6c(ccc(c7ccc(c2c37)C1=O)c64)C(=O)N(C(C)COC(C)COC(C)COC(C)COC(C)COC(C)COC(C)COC(C)COC(C)COCCOC)C5=O. The Bertz CT molecular complexity index is 2810. The first-order chi connectivity index (χ1) is 41.5. The highest BCUT2D eigenvalue weighted by atomic mass is 16.6. The molecule has 0 bridgehead atoms. The van der Waals surface area contributed by atoms with Crippen molar-refractivity contribution in [2.24, 2.45) is 0 Å². The van der Waals surface area contributed by atoms with Gasteiger partial charge in [-0.3, -0.25) is 29.0 Å². The van der Waals surface area contributed by atoms with E-state index in [0.717, 1.165) is 51.6 Å². The fraction of sp³-hybridized carbons (Fsp3) is 0.657. The lowest BCUT2D eigenvalue weighted by atomic mass is 9.82. The van der Waals surface area contributed by atoms with E-state index in [2.05, 4.69) is 6.92 Å². The maximum absolute atomic E-state index is 14.4. The van der Waals surface area contributed by atoms with Gasteiger partial charge in [-0.25, -0.2) is 0 Å². The summed E-state index contributed by atoms with van der Waals surface area (Å²) in [4.78, 5) is 59.9. The molecular formula is C70H102N2O14. The van der Waals surface area contributed by atoms with Gasteiger partial charge in [0.1, 0.15) is 0 Å². The summed E-state index contributed by atoms with van der Waals surface area (Å²) in [5, 5.41) is 6.42. The van der Waals surface area contributed by atoms with Gasteiger partial charge < -0.3 is 47.4 Å². The van der Waals surface area contributed by atoms with Crippen molar-refractivity contribution in [2.45, 2.75) is 214 Å². The lowest BCUT2D eigenvalue weighted by Crippen LogP contribution is -2.48. The van der Waals surface area contributed by atoms with E-state index < -0.39 is 6.04 Å². The first-order valence-electron chi connectivity index (χ1n) is 32.5. The maximum atomic E-state index is 14.4. The number of methoxy groups -OCH3 is 1. The number of hydrogen-bond acceptors (Lipinski definition) is 14. The fourth-order valence-electron chi connectivity index (χ4n) is 11.7. The monoisotopic (exact) mass is 1190 g/mol. The van der Waals surface area contributed by atoms with Crippen molar-refractivity contribution in [2.75, 3.05) is 86.3 Å². The minimum absolute atomic E-state index is 0.0320. The predicted octanol–water partition coefficient (Wildman–Crippen LogP) is 13.7. The molecule has 0 spiro atoms. The second kappa shape index (κ2) is 34.9. The van der Waals surface area contributed by atoms with Crippen LogP contribution in [0.3, 0.4) is 0 Å². The van der Waals surface area contributed by atoms with Crippen molar-refractivity contribution in [3.8, 4) is 0 Å². The molecule has 9 atom stereocenters. The van der Waals surface area contributed by atoms with E-state index in [1.807, 2.05) is 98.7 Å². The Labute approximate surface area is 512 Å². The molecule has 16 heteroatoms. The first-order valence-corrected chi connectivity index (χ1v) is 32.5. The van der Waals surface area contributed by atoms with E-state index in [0.29, 0.717) is 99.0 Å². The summed E-state index contributed by atoms with van der Waals surface area (Å²) >= 11 is 0. The highest BCUT2D eigenvalue weighted by Gasteiger charge is 2.39. The average molecular weight is 1200 g/mol. The summed E-state index contributed by atoms with van der Waals surface area (Å²) in [5.74, 6) is -1.27. The van der Waals surface area contributed by atoms with Crippen LogP contribution in [-0.4, -0.2) is 175 Å². The molecule has 0 N–H and O–H groups in total. The van der Waals surface area contributed by atoms with Gasteiger partial charge in [0.15, 0.2) is 0 Å². The van der Waals surface area contributed by atoms with Crippen molar-refractivity contribution in [3.63, 3.8) is 0 Å². The largest absolute Gasteiger partial charge is 0.382 e. The molecule has 7 rings (SSSR count). The second-order valence-corrected chi connectivity index (χ2v) is 24.5. The topological polar surface area (TPSA) is 167 Å². The Morgan fingerprint density at radius 3 is 0.953 bits per heavy atom. The van der Waals surface area contributed by atoms with Crippen LogP contribution in [0.25, 0.3) is 43.1 Å². The molecule has 2 aliphatic rings. The quantitative estimate of drug-likeness (QED) is 0.0156. The number of hydrogen-bond donors (Lipinski definition) is 0. The molecule has 0 fully saturated rings. The summed E-state index contributed by atoms with van der Waals surface area (Å²) in [6.07, 6.45) is 16.1. The van der Waals surface area contributed by atoms with Gasteiger partial charge in [0, 0.05) is 46.7 Å². The number of ether oxygens (including phenoxy) is 10. The zero-order chi connectivity index (χ0) is 61.7. The van der Waals surface area contributed by atoms with E-state index in [1.165, 1.54) is 80.4 Å². The number of rotatable bonds is 45. The van der Waals surface area contributed by atoms with Crippen molar-refractivity contribution in [1.29, 1.82) is 0 Å². The van der Waals surface area contributed by atoms with Crippen LogP contribution in [0.5, 0.6) is 0 Å². The molecule has 2 heterocycles. The third kappa shape index (κ3) is 18.7. The van der Waals surface area contributed by atoms with Gasteiger partial charge in [-0.15, -0.1) is 0 Å². The molecule has 0 saturated carbocycles. The summed E-state index contributed by atoms with van der Waals surface area (Å²) in [6, 6.07) is 14.6. The van der Waals surface area contributed by atoms with E-state index in [-0.39, 0.29) is 85.7 Å². The molecule has 9 unspecified atom stereocenters.